The summed E-state index contributed by atoms with van der Waals surface area (Å²) < 4.78 is 26.0. The second-order valence-corrected chi connectivity index (χ2v) is 6.14. The Morgan fingerprint density at radius 2 is 1.67 bits per heavy atom. The molecular formula is C9H19O5P. The van der Waals surface area contributed by atoms with Crippen molar-refractivity contribution < 1.29 is 23.1 Å². The van der Waals surface area contributed by atoms with Crippen LogP contribution in [0.4, 0.5) is 0 Å². The monoisotopic (exact) mass is 238 g/mol. The van der Waals surface area contributed by atoms with Gasteiger partial charge in [0, 0.05) is 26.7 Å². The number of carbonyl (C=O) groups excluding carboxylic acids is 1. The van der Waals surface area contributed by atoms with E-state index in [2.05, 4.69) is 0 Å². The van der Waals surface area contributed by atoms with E-state index in [1.807, 2.05) is 0 Å². The van der Waals surface area contributed by atoms with Gasteiger partial charge in [-0.3, -0.25) is 9.36 Å². The molecule has 0 aliphatic heterocycles. The molecule has 6 heteroatoms. The van der Waals surface area contributed by atoms with E-state index >= 15 is 0 Å². The normalized spacial score (nSPS) is 12.9. The lowest BCUT2D eigenvalue weighted by atomic mass is 9.90. The summed E-state index contributed by atoms with van der Waals surface area (Å²) in [6.45, 7) is 3.74. The quantitative estimate of drug-likeness (QED) is 0.632. The SMILES string of the molecule is COCC(C)(C)C(=O)CP(=O)(OC)OC. The fourth-order valence-electron chi connectivity index (χ4n) is 1.03. The van der Waals surface area contributed by atoms with Crippen LogP contribution in [0, 0.1) is 5.41 Å². The van der Waals surface area contributed by atoms with Gasteiger partial charge in [-0.2, -0.15) is 0 Å². The maximum Gasteiger partial charge on any atom is 0.337 e. The zero-order valence-electron chi connectivity index (χ0n) is 9.90. The van der Waals surface area contributed by atoms with E-state index in [1.54, 1.807) is 13.8 Å². The van der Waals surface area contributed by atoms with Gasteiger partial charge in [-0.05, 0) is 0 Å². The highest BCUT2D eigenvalue weighted by molar-refractivity contribution is 7.54. The summed E-state index contributed by atoms with van der Waals surface area (Å²) in [7, 11) is 0.782. The van der Waals surface area contributed by atoms with Gasteiger partial charge < -0.3 is 13.8 Å². The zero-order valence-corrected chi connectivity index (χ0v) is 10.8. The predicted molar refractivity (Wildman–Crippen MR) is 57.2 cm³/mol. The summed E-state index contributed by atoms with van der Waals surface area (Å²) >= 11 is 0. The van der Waals surface area contributed by atoms with E-state index in [4.69, 9.17) is 13.8 Å². The van der Waals surface area contributed by atoms with Gasteiger partial charge in [0.15, 0.2) is 5.78 Å². The highest BCUT2D eigenvalue weighted by atomic mass is 31.2. The lowest BCUT2D eigenvalue weighted by Crippen LogP contribution is -2.31. The third-order valence-corrected chi connectivity index (χ3v) is 3.94. The topological polar surface area (TPSA) is 61.8 Å². The molecule has 90 valence electrons. The van der Waals surface area contributed by atoms with Crippen molar-refractivity contribution >= 4 is 13.4 Å². The average Bonchev–Trinajstić information content (AvgIpc) is 2.17. The Morgan fingerprint density at radius 3 is 2.00 bits per heavy atom. The molecule has 0 amide bonds. The Labute approximate surface area is 90.6 Å². The molecule has 0 aromatic heterocycles. The highest BCUT2D eigenvalue weighted by Crippen LogP contribution is 2.47. The summed E-state index contributed by atoms with van der Waals surface area (Å²) in [5, 5.41) is 0. The second kappa shape index (κ2) is 5.75. The maximum atomic E-state index is 11.8. The van der Waals surface area contributed by atoms with Crippen molar-refractivity contribution in [1.29, 1.82) is 0 Å². The molecule has 0 spiro atoms. The predicted octanol–water partition coefficient (Wildman–Crippen LogP) is 1.71. The number of Topliss-reactive ketones (excluding diaryl/α,β-unsaturated/α-hetero) is 1. The molecule has 15 heavy (non-hydrogen) atoms. The van der Waals surface area contributed by atoms with Crippen LogP contribution in [0.25, 0.3) is 0 Å². The van der Waals surface area contributed by atoms with Crippen LogP contribution in [0.5, 0.6) is 0 Å². The standard InChI is InChI=1S/C9H19O5P/c1-9(2,7-12-3)8(10)6-15(11,13-4)14-5/h6-7H2,1-5H3. The number of hydrogen-bond acceptors (Lipinski definition) is 5. The van der Waals surface area contributed by atoms with E-state index in [1.165, 1.54) is 21.3 Å². The smallest absolute Gasteiger partial charge is 0.337 e. The van der Waals surface area contributed by atoms with Gasteiger partial charge in [-0.25, -0.2) is 0 Å². The second-order valence-electron chi connectivity index (χ2n) is 3.87. The van der Waals surface area contributed by atoms with Crippen LogP contribution in [0.15, 0.2) is 0 Å². The summed E-state index contributed by atoms with van der Waals surface area (Å²) in [6, 6.07) is 0. The minimum atomic E-state index is -3.26. The minimum absolute atomic E-state index is 0.198. The summed E-state index contributed by atoms with van der Waals surface area (Å²) in [5.41, 5.74) is -0.679. The molecule has 5 nitrogen and oxygen atoms in total. The van der Waals surface area contributed by atoms with Crippen LogP contribution in [0.1, 0.15) is 13.8 Å². The van der Waals surface area contributed by atoms with Crippen LogP contribution in [0.3, 0.4) is 0 Å². The van der Waals surface area contributed by atoms with E-state index in [0.717, 1.165) is 0 Å². The lowest BCUT2D eigenvalue weighted by molar-refractivity contribution is -0.127. The molecular weight excluding hydrogens is 219 g/mol. The summed E-state index contributed by atoms with van der Waals surface area (Å²) in [4.78, 5) is 11.8. The van der Waals surface area contributed by atoms with Crippen LogP contribution < -0.4 is 0 Å². The van der Waals surface area contributed by atoms with Crippen LogP contribution in [0.2, 0.25) is 0 Å². The number of ether oxygens (including phenoxy) is 1. The van der Waals surface area contributed by atoms with Crippen LogP contribution in [-0.4, -0.2) is 39.9 Å². The molecule has 0 radical (unpaired) electrons. The molecule has 0 heterocycles. The van der Waals surface area contributed by atoms with Gasteiger partial charge in [-0.1, -0.05) is 13.8 Å². The first-order valence-electron chi connectivity index (χ1n) is 4.54. The molecule has 0 N–H and O–H groups in total. The Hall–Kier alpha value is -0.220. The number of rotatable bonds is 7. The first kappa shape index (κ1) is 14.8. The van der Waals surface area contributed by atoms with Crippen LogP contribution in [-0.2, 0) is 23.1 Å². The van der Waals surface area contributed by atoms with Gasteiger partial charge in [-0.15, -0.1) is 0 Å². The molecule has 0 bridgehead atoms. The number of carbonyl (C=O) groups is 1. The van der Waals surface area contributed by atoms with Gasteiger partial charge in [0.1, 0.15) is 6.16 Å². The molecule has 0 aromatic rings. The minimum Gasteiger partial charge on any atom is -0.384 e. The Kier molecular flexibility index (Phi) is 5.67. The van der Waals surface area contributed by atoms with Gasteiger partial charge in [0.2, 0.25) is 0 Å². The van der Waals surface area contributed by atoms with E-state index in [0.29, 0.717) is 0 Å². The number of hydrogen-bond donors (Lipinski definition) is 0. The van der Waals surface area contributed by atoms with Crippen molar-refractivity contribution in [1.82, 2.24) is 0 Å². The molecule has 0 fully saturated rings. The Balaban J connectivity index is 4.54. The van der Waals surface area contributed by atoms with Crippen molar-refractivity contribution in [2.24, 2.45) is 5.41 Å². The fraction of sp³-hybridized carbons (Fsp3) is 0.889. The van der Waals surface area contributed by atoms with Crippen molar-refractivity contribution in [3.63, 3.8) is 0 Å². The summed E-state index contributed by atoms with van der Waals surface area (Å²) in [6.07, 6.45) is -0.226. The average molecular weight is 238 g/mol. The third kappa shape index (κ3) is 4.43. The Morgan fingerprint density at radius 1 is 1.20 bits per heavy atom. The van der Waals surface area contributed by atoms with Crippen molar-refractivity contribution in [3.05, 3.63) is 0 Å². The van der Waals surface area contributed by atoms with E-state index < -0.39 is 13.0 Å². The first-order valence-corrected chi connectivity index (χ1v) is 6.27. The van der Waals surface area contributed by atoms with E-state index in [9.17, 15) is 9.36 Å². The molecule has 0 unspecified atom stereocenters. The molecule has 0 atom stereocenters. The van der Waals surface area contributed by atoms with Gasteiger partial charge in [0.25, 0.3) is 0 Å². The van der Waals surface area contributed by atoms with E-state index in [-0.39, 0.29) is 18.6 Å². The molecule has 0 aliphatic carbocycles. The van der Waals surface area contributed by atoms with Crippen molar-refractivity contribution in [3.8, 4) is 0 Å². The van der Waals surface area contributed by atoms with Gasteiger partial charge in [0.05, 0.1) is 6.61 Å². The zero-order chi connectivity index (χ0) is 12.1. The highest BCUT2D eigenvalue weighted by Gasteiger charge is 2.34. The number of methoxy groups -OCH3 is 1. The molecule has 0 aromatic carbocycles. The Bertz CT molecular complexity index is 253. The maximum absolute atomic E-state index is 11.8. The summed E-state index contributed by atoms with van der Waals surface area (Å²) in [5.74, 6) is -0.198. The van der Waals surface area contributed by atoms with Crippen molar-refractivity contribution in [2.45, 2.75) is 13.8 Å². The fourth-order valence-corrected chi connectivity index (χ4v) is 2.22. The lowest BCUT2D eigenvalue weighted by Gasteiger charge is -2.23. The molecule has 0 saturated heterocycles. The third-order valence-electron chi connectivity index (χ3n) is 2.15. The molecule has 0 aliphatic rings. The van der Waals surface area contributed by atoms with Gasteiger partial charge >= 0.3 is 7.60 Å². The molecule has 0 saturated carbocycles. The van der Waals surface area contributed by atoms with Crippen molar-refractivity contribution in [2.75, 3.05) is 34.1 Å². The molecule has 0 rings (SSSR count). The van der Waals surface area contributed by atoms with Crippen LogP contribution >= 0.6 is 7.60 Å². The largest absolute Gasteiger partial charge is 0.384 e. The number of ketones is 1. The first-order chi connectivity index (χ1) is 6.81.